The molecule has 114 valence electrons. The normalized spacial score (nSPS) is 15.6. The van der Waals surface area contributed by atoms with Crippen LogP contribution < -0.4 is 10.1 Å². The van der Waals surface area contributed by atoms with E-state index in [2.05, 4.69) is 5.32 Å². The van der Waals surface area contributed by atoms with Gasteiger partial charge in [0.05, 0.1) is 13.0 Å². The monoisotopic (exact) mass is 292 g/mol. The molecule has 0 bridgehead atoms. The highest BCUT2D eigenvalue weighted by Gasteiger charge is 2.27. The molecular weight excluding hydrogens is 272 g/mol. The van der Waals surface area contributed by atoms with Crippen molar-refractivity contribution in [1.82, 2.24) is 4.90 Å². The van der Waals surface area contributed by atoms with E-state index in [4.69, 9.17) is 9.84 Å². The summed E-state index contributed by atoms with van der Waals surface area (Å²) in [4.78, 5) is 24.7. The molecule has 2 amide bonds. The lowest BCUT2D eigenvalue weighted by atomic mass is 9.97. The van der Waals surface area contributed by atoms with Crippen LogP contribution in [0, 0.1) is 12.8 Å². The number of piperidine rings is 1. The molecule has 1 aromatic rings. The molecule has 21 heavy (non-hydrogen) atoms. The molecule has 0 spiro atoms. The molecule has 0 aromatic heterocycles. The number of ether oxygens (including phenoxy) is 1. The summed E-state index contributed by atoms with van der Waals surface area (Å²) in [7, 11) is 1.60. The molecule has 1 heterocycles. The lowest BCUT2D eigenvalue weighted by molar-refractivity contribution is -0.143. The number of hydrogen-bond donors (Lipinski definition) is 2. The van der Waals surface area contributed by atoms with E-state index in [-0.39, 0.29) is 11.9 Å². The number of benzene rings is 1. The Labute approximate surface area is 123 Å². The van der Waals surface area contributed by atoms with Crippen molar-refractivity contribution in [2.75, 3.05) is 25.5 Å². The van der Waals surface area contributed by atoms with Gasteiger partial charge in [0.15, 0.2) is 0 Å². The Balaban J connectivity index is 1.95. The highest BCUT2D eigenvalue weighted by Crippen LogP contribution is 2.22. The van der Waals surface area contributed by atoms with Gasteiger partial charge in [0.1, 0.15) is 5.75 Å². The van der Waals surface area contributed by atoms with Crippen LogP contribution >= 0.6 is 0 Å². The van der Waals surface area contributed by atoms with Crippen molar-refractivity contribution >= 4 is 17.7 Å². The number of anilines is 1. The number of rotatable bonds is 3. The van der Waals surface area contributed by atoms with Gasteiger partial charge in [-0.25, -0.2) is 4.79 Å². The second kappa shape index (κ2) is 6.47. The molecule has 1 aliphatic heterocycles. The van der Waals surface area contributed by atoms with Crippen LogP contribution in [0.25, 0.3) is 0 Å². The number of carboxylic acid groups (broad SMARTS) is 1. The van der Waals surface area contributed by atoms with Crippen LogP contribution in [0.3, 0.4) is 0 Å². The van der Waals surface area contributed by atoms with E-state index in [0.717, 1.165) is 17.0 Å². The average molecular weight is 292 g/mol. The molecule has 6 nitrogen and oxygen atoms in total. The van der Waals surface area contributed by atoms with Crippen LogP contribution in [-0.2, 0) is 4.79 Å². The summed E-state index contributed by atoms with van der Waals surface area (Å²) in [6.45, 7) is 2.84. The van der Waals surface area contributed by atoms with E-state index in [1.807, 2.05) is 13.0 Å². The number of nitrogens with zero attached hydrogens (tertiary/aromatic N) is 1. The lowest BCUT2D eigenvalue weighted by Crippen LogP contribution is -2.42. The predicted octanol–water partition coefficient (Wildman–Crippen LogP) is 2.33. The minimum atomic E-state index is -0.777. The van der Waals surface area contributed by atoms with Crippen molar-refractivity contribution in [2.24, 2.45) is 5.92 Å². The van der Waals surface area contributed by atoms with Gasteiger partial charge in [-0.05, 0) is 43.5 Å². The average Bonchev–Trinajstić information content (AvgIpc) is 2.49. The van der Waals surface area contributed by atoms with E-state index in [9.17, 15) is 9.59 Å². The first-order chi connectivity index (χ1) is 10.0. The summed E-state index contributed by atoms with van der Waals surface area (Å²) in [6, 6.07) is 5.26. The zero-order valence-electron chi connectivity index (χ0n) is 12.3. The minimum Gasteiger partial charge on any atom is -0.497 e. The van der Waals surface area contributed by atoms with Crippen molar-refractivity contribution in [1.29, 1.82) is 0 Å². The Morgan fingerprint density at radius 2 is 2.00 bits per heavy atom. The third-order valence-electron chi connectivity index (χ3n) is 3.81. The van der Waals surface area contributed by atoms with Crippen molar-refractivity contribution in [3.05, 3.63) is 23.8 Å². The highest BCUT2D eigenvalue weighted by molar-refractivity contribution is 5.90. The minimum absolute atomic E-state index is 0.188. The van der Waals surface area contributed by atoms with Crippen molar-refractivity contribution in [3.8, 4) is 5.75 Å². The number of carbonyl (C=O) groups excluding carboxylic acids is 1. The molecule has 0 aliphatic carbocycles. The number of methoxy groups -OCH3 is 1. The fourth-order valence-corrected chi connectivity index (χ4v) is 2.43. The Bertz CT molecular complexity index is 536. The van der Waals surface area contributed by atoms with Gasteiger partial charge < -0.3 is 20.1 Å². The van der Waals surface area contributed by atoms with Crippen LogP contribution in [0.5, 0.6) is 5.75 Å². The molecule has 1 saturated heterocycles. The van der Waals surface area contributed by atoms with E-state index in [1.165, 1.54) is 0 Å². The number of aryl methyl sites for hydroxylation is 1. The number of hydrogen-bond acceptors (Lipinski definition) is 3. The number of carboxylic acids is 1. The third-order valence-corrected chi connectivity index (χ3v) is 3.81. The standard InChI is InChI=1S/C15H20N2O4/c1-10-9-12(21-2)3-4-13(10)16-15(20)17-7-5-11(6-8-17)14(18)19/h3-4,9,11H,5-8H2,1-2H3,(H,16,20)(H,18,19). The molecule has 6 heteroatoms. The van der Waals surface area contributed by atoms with Crippen LogP contribution in [0.1, 0.15) is 18.4 Å². The van der Waals surface area contributed by atoms with Crippen LogP contribution in [0.15, 0.2) is 18.2 Å². The summed E-state index contributed by atoms with van der Waals surface area (Å²) >= 11 is 0. The van der Waals surface area contributed by atoms with Crippen LogP contribution in [-0.4, -0.2) is 42.2 Å². The van der Waals surface area contributed by atoms with Crippen molar-refractivity contribution in [3.63, 3.8) is 0 Å². The SMILES string of the molecule is COc1ccc(NC(=O)N2CCC(C(=O)O)CC2)c(C)c1. The summed E-state index contributed by atoms with van der Waals surface area (Å²) in [5.41, 5.74) is 1.66. The molecule has 0 unspecified atom stereocenters. The fraction of sp³-hybridized carbons (Fsp3) is 0.467. The van der Waals surface area contributed by atoms with Crippen LogP contribution in [0.4, 0.5) is 10.5 Å². The topological polar surface area (TPSA) is 78.9 Å². The van der Waals surface area contributed by atoms with Gasteiger partial charge in [0.2, 0.25) is 0 Å². The number of carbonyl (C=O) groups is 2. The van der Waals surface area contributed by atoms with E-state index < -0.39 is 5.97 Å². The summed E-state index contributed by atoms with van der Waals surface area (Å²) in [5.74, 6) is -0.370. The first-order valence-corrected chi connectivity index (χ1v) is 6.94. The molecule has 2 rings (SSSR count). The van der Waals surface area contributed by atoms with Crippen LogP contribution in [0.2, 0.25) is 0 Å². The number of nitrogens with one attached hydrogen (secondary N) is 1. The molecule has 1 aliphatic rings. The van der Waals surface area contributed by atoms with Gasteiger partial charge in [-0.1, -0.05) is 0 Å². The zero-order valence-corrected chi connectivity index (χ0v) is 12.3. The van der Waals surface area contributed by atoms with Crippen molar-refractivity contribution in [2.45, 2.75) is 19.8 Å². The second-order valence-electron chi connectivity index (χ2n) is 5.21. The smallest absolute Gasteiger partial charge is 0.321 e. The van der Waals surface area contributed by atoms with Gasteiger partial charge in [-0.2, -0.15) is 0 Å². The van der Waals surface area contributed by atoms with Gasteiger partial charge >= 0.3 is 12.0 Å². The lowest BCUT2D eigenvalue weighted by Gasteiger charge is -2.30. The van der Waals surface area contributed by atoms with Gasteiger partial charge in [0.25, 0.3) is 0 Å². The van der Waals surface area contributed by atoms with E-state index in [0.29, 0.717) is 25.9 Å². The van der Waals surface area contributed by atoms with E-state index >= 15 is 0 Å². The Hall–Kier alpha value is -2.24. The number of likely N-dealkylation sites (tertiary alicyclic amines) is 1. The maximum atomic E-state index is 12.2. The zero-order chi connectivity index (χ0) is 15.4. The number of aliphatic carboxylic acids is 1. The Morgan fingerprint density at radius 3 is 2.52 bits per heavy atom. The molecule has 0 radical (unpaired) electrons. The van der Waals surface area contributed by atoms with Gasteiger partial charge in [-0.15, -0.1) is 0 Å². The molecule has 0 atom stereocenters. The van der Waals surface area contributed by atoms with Crippen molar-refractivity contribution < 1.29 is 19.4 Å². The second-order valence-corrected chi connectivity index (χ2v) is 5.21. The highest BCUT2D eigenvalue weighted by atomic mass is 16.5. The Kier molecular flexibility index (Phi) is 4.67. The van der Waals surface area contributed by atoms with Gasteiger partial charge in [-0.3, -0.25) is 4.79 Å². The fourth-order valence-electron chi connectivity index (χ4n) is 2.43. The largest absolute Gasteiger partial charge is 0.497 e. The summed E-state index contributed by atoms with van der Waals surface area (Å²) < 4.78 is 5.13. The summed E-state index contributed by atoms with van der Waals surface area (Å²) in [5, 5.41) is 11.8. The Morgan fingerprint density at radius 1 is 1.33 bits per heavy atom. The molecule has 0 saturated carbocycles. The first kappa shape index (κ1) is 15.2. The summed E-state index contributed by atoms with van der Waals surface area (Å²) in [6.07, 6.45) is 1.01. The van der Waals surface area contributed by atoms with E-state index in [1.54, 1.807) is 24.1 Å². The quantitative estimate of drug-likeness (QED) is 0.896. The maximum Gasteiger partial charge on any atom is 0.321 e. The molecule has 2 N–H and O–H groups in total. The third kappa shape index (κ3) is 3.65. The van der Waals surface area contributed by atoms with Gasteiger partial charge in [0, 0.05) is 18.8 Å². The maximum absolute atomic E-state index is 12.2. The first-order valence-electron chi connectivity index (χ1n) is 6.94. The molecular formula is C15H20N2O4. The number of urea groups is 1. The predicted molar refractivity (Wildman–Crippen MR) is 78.7 cm³/mol. The molecule has 1 fully saturated rings. The number of amides is 2. The molecule has 1 aromatic carbocycles.